The van der Waals surface area contributed by atoms with Gasteiger partial charge in [0.15, 0.2) is 23.2 Å². The fourth-order valence-corrected chi connectivity index (χ4v) is 3.48. The van der Waals surface area contributed by atoms with Crippen molar-refractivity contribution in [3.8, 4) is 0 Å². The van der Waals surface area contributed by atoms with Crippen molar-refractivity contribution in [1.29, 1.82) is 0 Å². The number of rotatable bonds is 3. The highest BCUT2D eigenvalue weighted by molar-refractivity contribution is 6.28. The van der Waals surface area contributed by atoms with Crippen LogP contribution >= 0.6 is 11.6 Å². The maximum absolute atomic E-state index is 10.2. The van der Waals surface area contributed by atoms with E-state index in [2.05, 4.69) is 19.9 Å². The summed E-state index contributed by atoms with van der Waals surface area (Å²) in [6.45, 7) is 1.36. The molecule has 0 aliphatic carbocycles. The molecule has 4 heterocycles. The number of imidazole rings is 1. The summed E-state index contributed by atoms with van der Waals surface area (Å²) in [7, 11) is 0. The SMILES string of the molecule is OC[C@H]1O[C@@H](n2cnc3c(N4CCCC4)nc(Cl)nc32)[C@H](O)[C@@H]1O. The Morgan fingerprint density at radius 2 is 1.96 bits per heavy atom. The molecule has 130 valence electrons. The molecule has 2 aromatic rings. The van der Waals surface area contributed by atoms with Gasteiger partial charge in [-0.2, -0.15) is 9.97 Å². The molecule has 0 amide bonds. The second-order valence-electron chi connectivity index (χ2n) is 6.06. The summed E-state index contributed by atoms with van der Waals surface area (Å²) in [4.78, 5) is 15.0. The first kappa shape index (κ1) is 16.0. The summed E-state index contributed by atoms with van der Waals surface area (Å²) >= 11 is 6.08. The number of fused-ring (bicyclic) bond motifs is 1. The number of nitrogens with zero attached hydrogens (tertiary/aromatic N) is 5. The number of hydrogen-bond donors (Lipinski definition) is 3. The maximum Gasteiger partial charge on any atom is 0.226 e. The standard InChI is InChI=1S/C14H18ClN5O4/c15-14-17-11(19-3-1-2-4-19)8-12(18-14)20(6-16-8)13-10(23)9(22)7(5-21)24-13/h6-7,9-10,13,21-23H,1-5H2/t7-,9-,10-,13-/m1/s1. The Hall–Kier alpha value is -1.52. The van der Waals surface area contributed by atoms with Crippen LogP contribution in [0.15, 0.2) is 6.33 Å². The lowest BCUT2D eigenvalue weighted by molar-refractivity contribution is -0.0511. The van der Waals surface area contributed by atoms with E-state index in [9.17, 15) is 15.3 Å². The number of ether oxygens (including phenoxy) is 1. The smallest absolute Gasteiger partial charge is 0.226 e. The van der Waals surface area contributed by atoms with Crippen LogP contribution in [-0.4, -0.2) is 72.8 Å². The summed E-state index contributed by atoms with van der Waals surface area (Å²) in [5.41, 5.74) is 0.991. The zero-order valence-electron chi connectivity index (χ0n) is 12.8. The second kappa shape index (κ2) is 6.08. The molecule has 4 atom stereocenters. The van der Waals surface area contributed by atoms with E-state index < -0.39 is 31.1 Å². The Morgan fingerprint density at radius 1 is 1.21 bits per heavy atom. The van der Waals surface area contributed by atoms with Crippen LogP contribution in [0.2, 0.25) is 5.28 Å². The molecule has 24 heavy (non-hydrogen) atoms. The molecule has 2 fully saturated rings. The molecule has 0 radical (unpaired) electrons. The third-order valence-corrected chi connectivity index (χ3v) is 4.74. The predicted octanol–water partition coefficient (Wildman–Crippen LogP) is -0.309. The lowest BCUT2D eigenvalue weighted by Gasteiger charge is -2.18. The van der Waals surface area contributed by atoms with E-state index >= 15 is 0 Å². The number of hydrogen-bond acceptors (Lipinski definition) is 8. The predicted molar refractivity (Wildman–Crippen MR) is 84.8 cm³/mol. The zero-order chi connectivity index (χ0) is 16.8. The maximum atomic E-state index is 10.2. The minimum absolute atomic E-state index is 0.0814. The number of aliphatic hydroxyl groups excluding tert-OH is 3. The zero-order valence-corrected chi connectivity index (χ0v) is 13.5. The molecule has 0 bridgehead atoms. The minimum Gasteiger partial charge on any atom is -0.394 e. The van der Waals surface area contributed by atoms with Gasteiger partial charge in [0, 0.05) is 13.1 Å². The van der Waals surface area contributed by atoms with Crippen molar-refractivity contribution in [3.63, 3.8) is 0 Å². The first-order chi connectivity index (χ1) is 11.6. The minimum atomic E-state index is -1.21. The van der Waals surface area contributed by atoms with Crippen LogP contribution in [0.1, 0.15) is 19.1 Å². The third-order valence-electron chi connectivity index (χ3n) is 4.57. The van der Waals surface area contributed by atoms with Gasteiger partial charge in [-0.05, 0) is 24.4 Å². The van der Waals surface area contributed by atoms with E-state index in [-0.39, 0.29) is 5.28 Å². The number of anilines is 1. The summed E-state index contributed by atoms with van der Waals surface area (Å²) in [5, 5.41) is 29.5. The highest BCUT2D eigenvalue weighted by atomic mass is 35.5. The normalized spacial score (nSPS) is 30.6. The van der Waals surface area contributed by atoms with Crippen molar-refractivity contribution >= 4 is 28.6 Å². The summed E-state index contributed by atoms with van der Waals surface area (Å²) in [6.07, 6.45) is -0.513. The van der Waals surface area contributed by atoms with Gasteiger partial charge in [-0.25, -0.2) is 4.98 Å². The van der Waals surface area contributed by atoms with Crippen LogP contribution in [0.5, 0.6) is 0 Å². The van der Waals surface area contributed by atoms with Gasteiger partial charge in [0.1, 0.15) is 18.3 Å². The summed E-state index contributed by atoms with van der Waals surface area (Å²) < 4.78 is 7.07. The van der Waals surface area contributed by atoms with Gasteiger partial charge in [-0.1, -0.05) is 0 Å². The number of aliphatic hydroxyl groups is 3. The third kappa shape index (κ3) is 2.44. The van der Waals surface area contributed by atoms with Crippen LogP contribution in [-0.2, 0) is 4.74 Å². The Labute approximate surface area is 142 Å². The van der Waals surface area contributed by atoms with Gasteiger partial charge >= 0.3 is 0 Å². The Morgan fingerprint density at radius 3 is 2.62 bits per heavy atom. The van der Waals surface area contributed by atoms with Gasteiger partial charge in [0.2, 0.25) is 5.28 Å². The van der Waals surface area contributed by atoms with E-state index in [1.807, 2.05) is 0 Å². The molecular weight excluding hydrogens is 338 g/mol. The van der Waals surface area contributed by atoms with Crippen LogP contribution in [0.4, 0.5) is 5.82 Å². The van der Waals surface area contributed by atoms with Gasteiger partial charge < -0.3 is 25.0 Å². The van der Waals surface area contributed by atoms with Gasteiger partial charge in [-0.15, -0.1) is 0 Å². The Bertz CT molecular complexity index is 750. The highest BCUT2D eigenvalue weighted by Crippen LogP contribution is 2.34. The molecule has 3 N–H and O–H groups in total. The molecule has 0 spiro atoms. The number of halogens is 1. The topological polar surface area (TPSA) is 117 Å². The average molecular weight is 356 g/mol. The largest absolute Gasteiger partial charge is 0.394 e. The van der Waals surface area contributed by atoms with E-state index in [1.54, 1.807) is 0 Å². The molecular formula is C14H18ClN5O4. The monoisotopic (exact) mass is 355 g/mol. The van der Waals surface area contributed by atoms with Crippen molar-refractivity contribution in [2.24, 2.45) is 0 Å². The van der Waals surface area contributed by atoms with Crippen molar-refractivity contribution < 1.29 is 20.1 Å². The highest BCUT2D eigenvalue weighted by Gasteiger charge is 2.44. The summed E-state index contributed by atoms with van der Waals surface area (Å²) in [5.74, 6) is 0.660. The number of aromatic nitrogens is 4. The fraction of sp³-hybridized carbons (Fsp3) is 0.643. The van der Waals surface area contributed by atoms with Crippen LogP contribution < -0.4 is 4.90 Å². The lowest BCUT2D eigenvalue weighted by atomic mass is 10.1. The van der Waals surface area contributed by atoms with Gasteiger partial charge in [0.05, 0.1) is 12.9 Å². The molecule has 0 unspecified atom stereocenters. The molecule has 2 aliphatic rings. The van der Waals surface area contributed by atoms with E-state index in [0.29, 0.717) is 17.0 Å². The average Bonchev–Trinajstić information content (AvgIpc) is 3.28. The van der Waals surface area contributed by atoms with Crippen LogP contribution in [0, 0.1) is 0 Å². The van der Waals surface area contributed by atoms with Crippen molar-refractivity contribution in [2.45, 2.75) is 37.4 Å². The Kier molecular flexibility index (Phi) is 4.05. The van der Waals surface area contributed by atoms with Gasteiger partial charge in [-0.3, -0.25) is 4.57 Å². The first-order valence-electron chi connectivity index (χ1n) is 7.87. The van der Waals surface area contributed by atoms with Crippen molar-refractivity contribution in [3.05, 3.63) is 11.6 Å². The molecule has 0 saturated carbocycles. The van der Waals surface area contributed by atoms with E-state index in [4.69, 9.17) is 16.3 Å². The molecule has 0 aromatic carbocycles. The Balaban J connectivity index is 1.78. The molecule has 4 rings (SSSR count). The molecule has 2 aromatic heterocycles. The summed E-state index contributed by atoms with van der Waals surface area (Å²) in [6, 6.07) is 0. The second-order valence-corrected chi connectivity index (χ2v) is 6.40. The quantitative estimate of drug-likeness (QED) is 0.642. The fourth-order valence-electron chi connectivity index (χ4n) is 3.32. The molecule has 9 nitrogen and oxygen atoms in total. The molecule has 2 aliphatic heterocycles. The van der Waals surface area contributed by atoms with E-state index in [0.717, 1.165) is 25.9 Å². The first-order valence-corrected chi connectivity index (χ1v) is 8.25. The van der Waals surface area contributed by atoms with Crippen LogP contribution in [0.3, 0.4) is 0 Å². The van der Waals surface area contributed by atoms with Gasteiger partial charge in [0.25, 0.3) is 0 Å². The van der Waals surface area contributed by atoms with Crippen molar-refractivity contribution in [2.75, 3.05) is 24.6 Å². The van der Waals surface area contributed by atoms with Crippen LogP contribution in [0.25, 0.3) is 11.2 Å². The van der Waals surface area contributed by atoms with Crippen molar-refractivity contribution in [1.82, 2.24) is 19.5 Å². The van der Waals surface area contributed by atoms with E-state index in [1.165, 1.54) is 10.9 Å². The molecule has 2 saturated heterocycles. The lowest BCUT2D eigenvalue weighted by Crippen LogP contribution is -2.33. The molecule has 10 heteroatoms.